The smallest absolute Gasteiger partial charge is 0.158 e. The highest BCUT2D eigenvalue weighted by Gasteiger charge is 2.11. The van der Waals surface area contributed by atoms with Crippen LogP contribution in [0.25, 0.3) is 10.2 Å². The van der Waals surface area contributed by atoms with Crippen LogP contribution in [0, 0.1) is 0 Å². The number of fused-ring (bicyclic) bond motifs is 1. The highest BCUT2D eigenvalue weighted by atomic mass is 32.2. The first-order chi connectivity index (χ1) is 10.1. The molecular weight excluding hydrogens is 358 g/mol. The Balaban J connectivity index is 2.22. The summed E-state index contributed by atoms with van der Waals surface area (Å²) >= 11 is 15.3. The molecule has 0 saturated carbocycles. The van der Waals surface area contributed by atoms with Crippen LogP contribution in [0.3, 0.4) is 0 Å². The van der Waals surface area contributed by atoms with Gasteiger partial charge in [0, 0.05) is 18.0 Å². The van der Waals surface area contributed by atoms with Crippen molar-refractivity contribution in [2.24, 2.45) is 0 Å². The van der Waals surface area contributed by atoms with E-state index in [9.17, 15) is 0 Å². The Kier molecular flexibility index (Phi) is 6.69. The van der Waals surface area contributed by atoms with Crippen LogP contribution < -0.4 is 10.6 Å². The second kappa shape index (κ2) is 8.28. The zero-order valence-corrected chi connectivity index (χ0v) is 15.7. The molecule has 0 fully saturated rings. The van der Waals surface area contributed by atoms with Crippen molar-refractivity contribution in [2.45, 2.75) is 23.1 Å². The molecule has 2 rings (SSSR count). The van der Waals surface area contributed by atoms with Crippen LogP contribution in [-0.2, 0) is 0 Å². The van der Waals surface area contributed by atoms with Crippen molar-refractivity contribution < 1.29 is 0 Å². The Labute approximate surface area is 147 Å². The van der Waals surface area contributed by atoms with Gasteiger partial charge in [-0.05, 0) is 37.7 Å². The average molecular weight is 374 g/mol. The van der Waals surface area contributed by atoms with Crippen LogP contribution in [-0.4, -0.2) is 26.7 Å². The molecule has 0 saturated heterocycles. The van der Waals surface area contributed by atoms with Gasteiger partial charge in [-0.15, -0.1) is 11.3 Å². The van der Waals surface area contributed by atoms with E-state index in [0.717, 1.165) is 41.2 Å². The Morgan fingerprint density at radius 3 is 2.48 bits per heavy atom. The van der Waals surface area contributed by atoms with E-state index in [1.807, 2.05) is 26.0 Å². The first-order valence-electron chi connectivity index (χ1n) is 6.45. The van der Waals surface area contributed by atoms with E-state index in [2.05, 4.69) is 16.7 Å². The van der Waals surface area contributed by atoms with Gasteiger partial charge in [0.15, 0.2) is 4.34 Å². The topological polar surface area (TPSA) is 37.0 Å². The summed E-state index contributed by atoms with van der Waals surface area (Å²) in [5, 5.41) is 6.28. The SMILES string of the molecule is CCNC(=S)Sc1nc2c(SC(=S)NCC)cccc2s1. The van der Waals surface area contributed by atoms with Gasteiger partial charge in [0.05, 0.1) is 10.2 Å². The summed E-state index contributed by atoms with van der Waals surface area (Å²) in [6.07, 6.45) is 0. The number of nitrogens with zero attached hydrogens (tertiary/aromatic N) is 1. The van der Waals surface area contributed by atoms with E-state index >= 15 is 0 Å². The third kappa shape index (κ3) is 4.79. The molecule has 0 amide bonds. The maximum Gasteiger partial charge on any atom is 0.158 e. The molecule has 1 aromatic carbocycles. The Bertz CT molecular complexity index is 652. The van der Waals surface area contributed by atoms with Crippen molar-refractivity contribution in [3.8, 4) is 0 Å². The molecule has 0 bridgehead atoms. The number of rotatable bonds is 4. The summed E-state index contributed by atoms with van der Waals surface area (Å²) in [5.74, 6) is 0. The molecule has 0 spiro atoms. The first-order valence-corrected chi connectivity index (χ1v) is 9.71. The molecular formula is C13H15N3S5. The lowest BCUT2D eigenvalue weighted by Gasteiger charge is -2.04. The van der Waals surface area contributed by atoms with Gasteiger partial charge in [-0.1, -0.05) is 42.3 Å². The number of hydrogen-bond acceptors (Lipinski definition) is 6. The summed E-state index contributed by atoms with van der Waals surface area (Å²) in [6.45, 7) is 5.72. The molecule has 0 atom stereocenters. The maximum atomic E-state index is 5.30. The van der Waals surface area contributed by atoms with E-state index in [-0.39, 0.29) is 0 Å². The summed E-state index contributed by atoms with van der Waals surface area (Å²) < 4.78 is 3.64. The monoisotopic (exact) mass is 373 g/mol. The summed E-state index contributed by atoms with van der Waals surface area (Å²) in [7, 11) is 0. The third-order valence-corrected chi connectivity index (χ3v) is 5.97. The van der Waals surface area contributed by atoms with Crippen molar-refractivity contribution in [1.82, 2.24) is 15.6 Å². The summed E-state index contributed by atoms with van der Waals surface area (Å²) in [6, 6.07) is 6.16. The van der Waals surface area contributed by atoms with Gasteiger partial charge in [0.25, 0.3) is 0 Å². The van der Waals surface area contributed by atoms with Gasteiger partial charge in [-0.3, -0.25) is 0 Å². The zero-order valence-electron chi connectivity index (χ0n) is 11.6. The van der Waals surface area contributed by atoms with Gasteiger partial charge in [0.2, 0.25) is 0 Å². The maximum absolute atomic E-state index is 5.30. The molecule has 112 valence electrons. The van der Waals surface area contributed by atoms with Crippen LogP contribution in [0.15, 0.2) is 27.4 Å². The number of benzene rings is 1. The number of hydrogen-bond donors (Lipinski definition) is 2. The number of thioether (sulfide) groups is 2. The van der Waals surface area contributed by atoms with Crippen LogP contribution in [0.5, 0.6) is 0 Å². The number of para-hydroxylation sites is 1. The minimum atomic E-state index is 0.758. The number of aromatic nitrogens is 1. The fraction of sp³-hybridized carbons (Fsp3) is 0.308. The number of thiazole rings is 1. The van der Waals surface area contributed by atoms with Gasteiger partial charge >= 0.3 is 0 Å². The fourth-order valence-electron chi connectivity index (χ4n) is 1.57. The molecule has 2 aromatic rings. The van der Waals surface area contributed by atoms with E-state index in [1.165, 1.54) is 11.8 Å². The van der Waals surface area contributed by atoms with E-state index in [1.54, 1.807) is 23.1 Å². The van der Waals surface area contributed by atoms with Gasteiger partial charge in [-0.25, -0.2) is 4.98 Å². The zero-order chi connectivity index (χ0) is 15.2. The predicted octanol–water partition coefficient (Wildman–Crippen LogP) is 4.27. The van der Waals surface area contributed by atoms with Crippen molar-refractivity contribution >= 4 is 78.2 Å². The third-order valence-electron chi connectivity index (χ3n) is 2.39. The van der Waals surface area contributed by atoms with Gasteiger partial charge in [-0.2, -0.15) is 0 Å². The molecule has 3 nitrogen and oxygen atoms in total. The molecule has 1 heterocycles. The molecule has 0 aliphatic heterocycles. The van der Waals surface area contributed by atoms with Crippen LogP contribution in [0.1, 0.15) is 13.8 Å². The van der Waals surface area contributed by atoms with Gasteiger partial charge in [0.1, 0.15) is 8.64 Å². The Morgan fingerprint density at radius 2 is 1.81 bits per heavy atom. The van der Waals surface area contributed by atoms with E-state index in [0.29, 0.717) is 0 Å². The highest BCUT2D eigenvalue weighted by molar-refractivity contribution is 8.24. The van der Waals surface area contributed by atoms with E-state index < -0.39 is 0 Å². The minimum absolute atomic E-state index is 0.758. The van der Waals surface area contributed by atoms with Crippen LogP contribution in [0.2, 0.25) is 0 Å². The predicted molar refractivity (Wildman–Crippen MR) is 104 cm³/mol. The molecule has 8 heteroatoms. The highest BCUT2D eigenvalue weighted by Crippen LogP contribution is 2.35. The van der Waals surface area contributed by atoms with Crippen LogP contribution in [0.4, 0.5) is 0 Å². The average Bonchev–Trinajstić information content (AvgIpc) is 2.82. The van der Waals surface area contributed by atoms with Crippen molar-refractivity contribution in [1.29, 1.82) is 0 Å². The summed E-state index contributed by atoms with van der Waals surface area (Å²) in [4.78, 5) is 5.77. The second-order valence-corrected chi connectivity index (χ2v) is 8.60. The lowest BCUT2D eigenvalue weighted by atomic mass is 10.3. The van der Waals surface area contributed by atoms with E-state index in [4.69, 9.17) is 29.4 Å². The molecule has 21 heavy (non-hydrogen) atoms. The fourth-order valence-corrected chi connectivity index (χ4v) is 5.32. The van der Waals surface area contributed by atoms with Gasteiger partial charge < -0.3 is 10.6 Å². The quantitative estimate of drug-likeness (QED) is 0.612. The number of nitrogens with one attached hydrogen (secondary N) is 2. The molecule has 0 radical (unpaired) electrons. The summed E-state index contributed by atoms with van der Waals surface area (Å²) in [5.41, 5.74) is 0.995. The Morgan fingerprint density at radius 1 is 1.14 bits per heavy atom. The van der Waals surface area contributed by atoms with Crippen molar-refractivity contribution in [3.05, 3.63) is 18.2 Å². The normalized spacial score (nSPS) is 10.6. The lowest BCUT2D eigenvalue weighted by Crippen LogP contribution is -2.16. The molecule has 1 aromatic heterocycles. The molecule has 0 aliphatic carbocycles. The standard InChI is InChI=1S/C13H15N3S5/c1-3-14-11(17)19-8-6-5-7-9-10(8)16-13(20-9)21-12(18)15-4-2/h5-7H,3-4H2,1-2H3,(H,14,17)(H,15,18). The molecule has 2 N–H and O–H groups in total. The Hall–Kier alpha value is -0.410. The number of thiocarbonyl (C=S) groups is 2. The minimum Gasteiger partial charge on any atom is -0.371 e. The largest absolute Gasteiger partial charge is 0.371 e. The van der Waals surface area contributed by atoms with Crippen molar-refractivity contribution in [3.63, 3.8) is 0 Å². The van der Waals surface area contributed by atoms with Crippen LogP contribution >= 0.6 is 59.3 Å². The lowest BCUT2D eigenvalue weighted by molar-refractivity contribution is 0.995. The molecule has 0 aliphatic rings. The molecule has 0 unspecified atom stereocenters. The second-order valence-electron chi connectivity index (χ2n) is 3.92. The van der Waals surface area contributed by atoms with Crippen molar-refractivity contribution in [2.75, 3.05) is 13.1 Å². The first kappa shape index (κ1) is 17.0.